The highest BCUT2D eigenvalue weighted by atomic mass is 19.3. The number of nitrogens with one attached hydrogen (secondary N) is 2. The Labute approximate surface area is 180 Å². The first-order valence-corrected chi connectivity index (χ1v) is 9.28. The first kappa shape index (κ1) is 20.7. The lowest BCUT2D eigenvalue weighted by Crippen LogP contribution is -2.19. The van der Waals surface area contributed by atoms with Crippen LogP contribution in [0.2, 0.25) is 0 Å². The molecule has 0 aliphatic carbocycles. The maximum atomic E-state index is 12.3. The summed E-state index contributed by atoms with van der Waals surface area (Å²) in [6.07, 6.45) is 5.00. The van der Waals surface area contributed by atoms with Gasteiger partial charge in [0.2, 0.25) is 5.88 Å². The number of benzene rings is 2. The molecule has 0 spiro atoms. The highest BCUT2D eigenvalue weighted by Gasteiger charge is 2.08. The van der Waals surface area contributed by atoms with E-state index in [1.54, 1.807) is 65.8 Å². The summed E-state index contributed by atoms with van der Waals surface area (Å²) < 4.78 is 36.3. The van der Waals surface area contributed by atoms with Crippen LogP contribution in [0.25, 0.3) is 5.82 Å². The molecule has 4 aromatic rings. The minimum absolute atomic E-state index is 0.0551. The smallest absolute Gasteiger partial charge is 0.387 e. The van der Waals surface area contributed by atoms with Crippen LogP contribution < -0.4 is 20.1 Å². The molecule has 32 heavy (non-hydrogen) atoms. The summed E-state index contributed by atoms with van der Waals surface area (Å²) in [5, 5.41) is 13.3. The molecule has 0 fully saturated rings. The number of carbonyl (C=O) groups excluding carboxylic acids is 1. The highest BCUT2D eigenvalue weighted by molar-refractivity contribution is 5.99. The van der Waals surface area contributed by atoms with Crippen molar-refractivity contribution in [2.45, 2.75) is 6.61 Å². The van der Waals surface area contributed by atoms with Crippen molar-refractivity contribution >= 4 is 17.4 Å². The molecule has 2 aromatic carbocycles. The quantitative estimate of drug-likeness (QED) is 0.434. The van der Waals surface area contributed by atoms with Crippen LogP contribution in [0.3, 0.4) is 0 Å². The molecule has 0 aliphatic heterocycles. The molecule has 11 heteroatoms. The molecular formula is C21H16F2N6O3. The van der Waals surface area contributed by atoms with Crippen LogP contribution in [0.5, 0.6) is 17.4 Å². The van der Waals surface area contributed by atoms with Gasteiger partial charge in [-0.15, -0.1) is 10.2 Å². The SMILES string of the molecule is O=C(Nc1ccc(Oc2ccc(-n3ccnc3)nn2)cc1)Nc1cccc(OC(F)F)c1. The van der Waals surface area contributed by atoms with E-state index in [9.17, 15) is 13.6 Å². The van der Waals surface area contributed by atoms with Crippen molar-refractivity contribution in [1.29, 1.82) is 0 Å². The van der Waals surface area contributed by atoms with E-state index in [0.29, 0.717) is 28.8 Å². The van der Waals surface area contributed by atoms with Crippen LogP contribution in [0.1, 0.15) is 0 Å². The zero-order valence-corrected chi connectivity index (χ0v) is 16.4. The van der Waals surface area contributed by atoms with Crippen molar-refractivity contribution < 1.29 is 23.0 Å². The lowest BCUT2D eigenvalue weighted by atomic mass is 10.3. The lowest BCUT2D eigenvalue weighted by molar-refractivity contribution is -0.0498. The number of alkyl halides is 2. The van der Waals surface area contributed by atoms with Crippen LogP contribution in [0.15, 0.2) is 79.4 Å². The minimum Gasteiger partial charge on any atom is -0.438 e. The zero-order chi connectivity index (χ0) is 22.3. The van der Waals surface area contributed by atoms with Crippen molar-refractivity contribution in [2.75, 3.05) is 10.6 Å². The van der Waals surface area contributed by atoms with Crippen molar-refractivity contribution in [3.05, 3.63) is 79.4 Å². The van der Waals surface area contributed by atoms with Crippen molar-refractivity contribution in [1.82, 2.24) is 19.7 Å². The molecule has 0 unspecified atom stereocenters. The molecule has 2 N–H and O–H groups in total. The first-order valence-electron chi connectivity index (χ1n) is 9.28. The van der Waals surface area contributed by atoms with Crippen molar-refractivity contribution in [3.8, 4) is 23.2 Å². The van der Waals surface area contributed by atoms with E-state index in [1.165, 1.54) is 18.2 Å². The number of imidazole rings is 1. The van der Waals surface area contributed by atoms with Crippen LogP contribution in [0, 0.1) is 0 Å². The summed E-state index contributed by atoms with van der Waals surface area (Å²) in [7, 11) is 0. The second kappa shape index (κ2) is 9.51. The minimum atomic E-state index is -2.94. The number of halogens is 2. The Morgan fingerprint density at radius 1 is 0.938 bits per heavy atom. The number of anilines is 2. The maximum Gasteiger partial charge on any atom is 0.387 e. The number of ether oxygens (including phenoxy) is 2. The maximum absolute atomic E-state index is 12.3. The third kappa shape index (κ3) is 5.53. The van der Waals surface area contributed by atoms with Gasteiger partial charge in [0.25, 0.3) is 0 Å². The summed E-state index contributed by atoms with van der Waals surface area (Å²) in [5.74, 6) is 1.35. The van der Waals surface area contributed by atoms with Gasteiger partial charge < -0.3 is 20.1 Å². The summed E-state index contributed by atoms with van der Waals surface area (Å²) in [6, 6.07) is 15.1. The van der Waals surface area contributed by atoms with E-state index in [-0.39, 0.29) is 5.75 Å². The van der Waals surface area contributed by atoms with Gasteiger partial charge >= 0.3 is 12.6 Å². The molecule has 9 nitrogen and oxygen atoms in total. The average molecular weight is 438 g/mol. The van der Waals surface area contributed by atoms with E-state index in [0.717, 1.165) is 0 Å². The van der Waals surface area contributed by atoms with Gasteiger partial charge in [0, 0.05) is 35.9 Å². The van der Waals surface area contributed by atoms with Gasteiger partial charge in [-0.3, -0.25) is 4.57 Å². The van der Waals surface area contributed by atoms with Crippen molar-refractivity contribution in [2.24, 2.45) is 0 Å². The molecule has 0 saturated carbocycles. The largest absolute Gasteiger partial charge is 0.438 e. The highest BCUT2D eigenvalue weighted by Crippen LogP contribution is 2.22. The number of amides is 2. The van der Waals surface area contributed by atoms with E-state index in [4.69, 9.17) is 4.74 Å². The number of urea groups is 1. The molecule has 0 atom stereocenters. The Balaban J connectivity index is 1.32. The third-order valence-electron chi connectivity index (χ3n) is 4.05. The summed E-state index contributed by atoms with van der Waals surface area (Å²) in [6.45, 7) is -2.94. The number of hydrogen-bond acceptors (Lipinski definition) is 6. The van der Waals surface area contributed by atoms with Crippen molar-refractivity contribution in [3.63, 3.8) is 0 Å². The number of hydrogen-bond donors (Lipinski definition) is 2. The van der Waals surface area contributed by atoms with Gasteiger partial charge in [-0.1, -0.05) is 6.07 Å². The fourth-order valence-corrected chi connectivity index (χ4v) is 2.67. The van der Waals surface area contributed by atoms with E-state index < -0.39 is 12.6 Å². The van der Waals surface area contributed by atoms with Gasteiger partial charge in [0.1, 0.15) is 17.8 Å². The Morgan fingerprint density at radius 2 is 1.75 bits per heavy atom. The predicted octanol–water partition coefficient (Wildman–Crippen LogP) is 4.70. The fourth-order valence-electron chi connectivity index (χ4n) is 2.67. The molecule has 0 aliphatic rings. The Kier molecular flexibility index (Phi) is 6.16. The molecule has 0 radical (unpaired) electrons. The fraction of sp³-hybridized carbons (Fsp3) is 0.0476. The van der Waals surface area contributed by atoms with Gasteiger partial charge in [-0.25, -0.2) is 9.78 Å². The summed E-state index contributed by atoms with van der Waals surface area (Å²) in [4.78, 5) is 16.1. The summed E-state index contributed by atoms with van der Waals surface area (Å²) in [5.41, 5.74) is 0.801. The van der Waals surface area contributed by atoms with Crippen LogP contribution >= 0.6 is 0 Å². The lowest BCUT2D eigenvalue weighted by Gasteiger charge is -2.10. The second-order valence-electron chi connectivity index (χ2n) is 6.31. The standard InChI is InChI=1S/C21H16F2N6O3/c22-20(23)32-17-3-1-2-15(12-17)26-21(30)25-14-4-6-16(7-5-14)31-19-9-8-18(27-28-19)29-11-10-24-13-29/h1-13,20H,(H2,25,26,30). The van der Waals surface area contributed by atoms with Gasteiger partial charge in [-0.2, -0.15) is 8.78 Å². The third-order valence-corrected chi connectivity index (χ3v) is 4.05. The number of carbonyl (C=O) groups is 1. The Morgan fingerprint density at radius 3 is 2.44 bits per heavy atom. The molecule has 4 rings (SSSR count). The number of nitrogens with zero attached hydrogens (tertiary/aromatic N) is 4. The monoisotopic (exact) mass is 438 g/mol. The molecule has 2 amide bonds. The molecule has 0 bridgehead atoms. The molecule has 2 heterocycles. The predicted molar refractivity (Wildman–Crippen MR) is 111 cm³/mol. The van der Waals surface area contributed by atoms with Crippen LogP contribution in [-0.4, -0.2) is 32.4 Å². The van der Waals surface area contributed by atoms with Crippen LogP contribution in [-0.2, 0) is 0 Å². The average Bonchev–Trinajstić information content (AvgIpc) is 3.30. The van der Waals surface area contributed by atoms with Gasteiger partial charge in [0.15, 0.2) is 5.82 Å². The normalized spacial score (nSPS) is 10.6. The van der Waals surface area contributed by atoms with Gasteiger partial charge in [0.05, 0.1) is 0 Å². The zero-order valence-electron chi connectivity index (χ0n) is 16.4. The van der Waals surface area contributed by atoms with E-state index in [2.05, 4.69) is 30.6 Å². The second-order valence-corrected chi connectivity index (χ2v) is 6.31. The van der Waals surface area contributed by atoms with E-state index >= 15 is 0 Å². The molecular weight excluding hydrogens is 422 g/mol. The topological polar surface area (TPSA) is 103 Å². The van der Waals surface area contributed by atoms with Gasteiger partial charge in [-0.05, 0) is 42.5 Å². The first-order chi connectivity index (χ1) is 15.5. The van der Waals surface area contributed by atoms with E-state index in [1.807, 2.05) is 0 Å². The summed E-state index contributed by atoms with van der Waals surface area (Å²) >= 11 is 0. The molecule has 162 valence electrons. The number of rotatable bonds is 7. The Hall–Kier alpha value is -4.54. The number of aromatic nitrogens is 4. The Bertz CT molecular complexity index is 1170. The molecule has 0 saturated heterocycles. The van der Waals surface area contributed by atoms with Crippen LogP contribution in [0.4, 0.5) is 25.0 Å². The molecule has 2 aromatic heterocycles.